The van der Waals surface area contributed by atoms with Gasteiger partial charge in [0.05, 0.1) is 19.3 Å². The van der Waals surface area contributed by atoms with Crippen molar-refractivity contribution in [1.82, 2.24) is 4.90 Å². The number of halogens is 4. The second-order valence-corrected chi connectivity index (χ2v) is 4.57. The Morgan fingerprint density at radius 1 is 1.26 bits per heavy atom. The Bertz CT molecular complexity index is 399. The molecule has 2 rings (SSSR count). The summed E-state index contributed by atoms with van der Waals surface area (Å²) in [6.45, 7) is -0.228. The van der Waals surface area contributed by atoms with Crippen LogP contribution >= 0.6 is 0 Å². The van der Waals surface area contributed by atoms with Crippen LogP contribution in [0.2, 0.25) is 0 Å². The lowest BCUT2D eigenvalue weighted by molar-refractivity contribution is -0.154. The first-order valence-corrected chi connectivity index (χ1v) is 6.04. The number of ether oxygens (including phenoxy) is 1. The van der Waals surface area contributed by atoms with Crippen molar-refractivity contribution in [2.24, 2.45) is 0 Å². The third-order valence-electron chi connectivity index (χ3n) is 3.08. The summed E-state index contributed by atoms with van der Waals surface area (Å²) in [6, 6.07) is 9.16. The Kier molecular flexibility index (Phi) is 4.42. The molecule has 0 bridgehead atoms. The van der Waals surface area contributed by atoms with Gasteiger partial charge in [-0.3, -0.25) is 4.90 Å². The third-order valence-corrected chi connectivity index (χ3v) is 3.08. The first kappa shape index (κ1) is 14.3. The highest BCUT2D eigenvalue weighted by molar-refractivity contribution is 5.18. The minimum atomic E-state index is -3.97. The molecule has 0 amide bonds. The fraction of sp³-hybridized carbons (Fsp3) is 0.538. The van der Waals surface area contributed by atoms with Crippen molar-refractivity contribution in [2.45, 2.75) is 18.5 Å². The SMILES string of the molecule is FC(F)C(F)(F)CN1CCO[C@H](c2ccccc2)C1. The van der Waals surface area contributed by atoms with E-state index >= 15 is 0 Å². The molecule has 1 heterocycles. The minimum Gasteiger partial charge on any atom is -0.371 e. The van der Waals surface area contributed by atoms with E-state index in [1.165, 1.54) is 4.90 Å². The van der Waals surface area contributed by atoms with Crippen LogP contribution in [0, 0.1) is 0 Å². The molecule has 0 unspecified atom stereocenters. The molecule has 106 valence electrons. The molecular weight excluding hydrogens is 262 g/mol. The molecule has 1 aliphatic rings. The molecule has 2 nitrogen and oxygen atoms in total. The van der Waals surface area contributed by atoms with Crippen LogP contribution in [-0.2, 0) is 4.74 Å². The summed E-state index contributed by atoms with van der Waals surface area (Å²) in [7, 11) is 0. The van der Waals surface area contributed by atoms with Gasteiger partial charge in [-0.2, -0.15) is 8.78 Å². The van der Waals surface area contributed by atoms with Gasteiger partial charge in [0, 0.05) is 13.1 Å². The molecule has 1 saturated heterocycles. The van der Waals surface area contributed by atoms with E-state index in [4.69, 9.17) is 4.74 Å². The summed E-state index contributed by atoms with van der Waals surface area (Å²) < 4.78 is 55.9. The van der Waals surface area contributed by atoms with Crippen LogP contribution in [0.3, 0.4) is 0 Å². The summed E-state index contributed by atoms with van der Waals surface area (Å²) >= 11 is 0. The molecule has 1 atom stereocenters. The fourth-order valence-corrected chi connectivity index (χ4v) is 2.08. The molecule has 0 spiro atoms. The van der Waals surface area contributed by atoms with Gasteiger partial charge in [0.2, 0.25) is 0 Å². The first-order valence-electron chi connectivity index (χ1n) is 6.04. The van der Waals surface area contributed by atoms with Gasteiger partial charge in [-0.05, 0) is 5.56 Å². The number of benzene rings is 1. The van der Waals surface area contributed by atoms with Crippen molar-refractivity contribution in [1.29, 1.82) is 0 Å². The van der Waals surface area contributed by atoms with E-state index in [1.54, 1.807) is 0 Å². The van der Waals surface area contributed by atoms with Gasteiger partial charge < -0.3 is 4.74 Å². The quantitative estimate of drug-likeness (QED) is 0.785. The van der Waals surface area contributed by atoms with Gasteiger partial charge in [0.15, 0.2) is 0 Å². The molecular formula is C13H15F4NO. The van der Waals surface area contributed by atoms with E-state index in [1.807, 2.05) is 30.3 Å². The number of rotatable bonds is 4. The zero-order chi connectivity index (χ0) is 13.9. The number of alkyl halides is 4. The summed E-state index contributed by atoms with van der Waals surface area (Å²) in [6.07, 6.45) is -3.98. The Balaban J connectivity index is 1.98. The average molecular weight is 277 g/mol. The van der Waals surface area contributed by atoms with Crippen LogP contribution in [0.25, 0.3) is 0 Å². The number of nitrogens with zero attached hydrogens (tertiary/aromatic N) is 1. The number of hydrogen-bond donors (Lipinski definition) is 0. The maximum atomic E-state index is 13.0. The van der Waals surface area contributed by atoms with E-state index in [-0.39, 0.29) is 25.8 Å². The average Bonchev–Trinajstić information content (AvgIpc) is 2.39. The van der Waals surface area contributed by atoms with Crippen LogP contribution < -0.4 is 0 Å². The fourth-order valence-electron chi connectivity index (χ4n) is 2.08. The van der Waals surface area contributed by atoms with E-state index in [0.29, 0.717) is 0 Å². The van der Waals surface area contributed by atoms with Crippen LogP contribution in [0.4, 0.5) is 17.6 Å². The maximum Gasteiger partial charge on any atom is 0.319 e. The molecule has 0 saturated carbocycles. The Labute approximate surface area is 109 Å². The molecule has 6 heteroatoms. The van der Waals surface area contributed by atoms with Gasteiger partial charge in [-0.1, -0.05) is 30.3 Å². The molecule has 0 N–H and O–H groups in total. The molecule has 1 aliphatic heterocycles. The summed E-state index contributed by atoms with van der Waals surface area (Å²) in [5.74, 6) is -3.97. The summed E-state index contributed by atoms with van der Waals surface area (Å²) in [5, 5.41) is 0. The lowest BCUT2D eigenvalue weighted by atomic mass is 10.1. The Morgan fingerprint density at radius 3 is 2.58 bits per heavy atom. The molecule has 0 aromatic heterocycles. The van der Waals surface area contributed by atoms with Crippen LogP contribution in [0.5, 0.6) is 0 Å². The van der Waals surface area contributed by atoms with Gasteiger partial charge in [0.1, 0.15) is 0 Å². The van der Waals surface area contributed by atoms with Crippen molar-refractivity contribution < 1.29 is 22.3 Å². The Hall–Kier alpha value is -1.14. The Morgan fingerprint density at radius 2 is 1.95 bits per heavy atom. The summed E-state index contributed by atoms with van der Waals surface area (Å²) in [5.41, 5.74) is 0.868. The maximum absolute atomic E-state index is 13.0. The smallest absolute Gasteiger partial charge is 0.319 e. The zero-order valence-electron chi connectivity index (χ0n) is 10.2. The van der Waals surface area contributed by atoms with E-state index < -0.39 is 18.9 Å². The van der Waals surface area contributed by atoms with Crippen LogP contribution in [-0.4, -0.2) is 43.5 Å². The highest BCUT2D eigenvalue weighted by Gasteiger charge is 2.43. The largest absolute Gasteiger partial charge is 0.371 e. The third kappa shape index (κ3) is 3.67. The minimum absolute atomic E-state index is 0.201. The molecule has 19 heavy (non-hydrogen) atoms. The van der Waals surface area contributed by atoms with Gasteiger partial charge in [-0.25, -0.2) is 8.78 Å². The molecule has 1 aromatic rings. The van der Waals surface area contributed by atoms with Crippen molar-refractivity contribution in [2.75, 3.05) is 26.2 Å². The van der Waals surface area contributed by atoms with Crippen molar-refractivity contribution in [3.05, 3.63) is 35.9 Å². The second kappa shape index (κ2) is 5.88. The van der Waals surface area contributed by atoms with Gasteiger partial charge >= 0.3 is 12.3 Å². The topological polar surface area (TPSA) is 12.5 Å². The predicted octanol–water partition coefficient (Wildman–Crippen LogP) is 2.96. The number of hydrogen-bond acceptors (Lipinski definition) is 2. The molecule has 1 aromatic carbocycles. The molecule has 0 aliphatic carbocycles. The summed E-state index contributed by atoms with van der Waals surface area (Å²) in [4.78, 5) is 1.33. The normalized spacial score (nSPS) is 21.8. The van der Waals surface area contributed by atoms with Crippen LogP contribution in [0.15, 0.2) is 30.3 Å². The predicted molar refractivity (Wildman–Crippen MR) is 62.5 cm³/mol. The van der Waals surface area contributed by atoms with Gasteiger partial charge in [-0.15, -0.1) is 0 Å². The van der Waals surface area contributed by atoms with E-state index in [2.05, 4.69) is 0 Å². The lowest BCUT2D eigenvalue weighted by Crippen LogP contribution is -2.47. The zero-order valence-corrected chi connectivity index (χ0v) is 10.2. The molecule has 0 radical (unpaired) electrons. The van der Waals surface area contributed by atoms with Crippen molar-refractivity contribution >= 4 is 0 Å². The first-order chi connectivity index (χ1) is 8.99. The van der Waals surface area contributed by atoms with Crippen LogP contribution in [0.1, 0.15) is 11.7 Å². The monoisotopic (exact) mass is 277 g/mol. The van der Waals surface area contributed by atoms with Crippen molar-refractivity contribution in [3.8, 4) is 0 Å². The number of morpholine rings is 1. The highest BCUT2D eigenvalue weighted by Crippen LogP contribution is 2.27. The molecule has 1 fully saturated rings. The van der Waals surface area contributed by atoms with E-state index in [9.17, 15) is 17.6 Å². The lowest BCUT2D eigenvalue weighted by Gasteiger charge is -2.34. The standard InChI is InChI=1S/C13H15F4NO/c14-12(15)13(16,17)9-18-6-7-19-11(8-18)10-4-2-1-3-5-10/h1-5,11-12H,6-9H2/t11-/m0/s1. The van der Waals surface area contributed by atoms with Gasteiger partial charge in [0.25, 0.3) is 0 Å². The van der Waals surface area contributed by atoms with E-state index in [0.717, 1.165) is 5.56 Å². The second-order valence-electron chi connectivity index (χ2n) is 4.57. The highest BCUT2D eigenvalue weighted by atomic mass is 19.3. The van der Waals surface area contributed by atoms with Crippen molar-refractivity contribution in [3.63, 3.8) is 0 Å².